The van der Waals surface area contributed by atoms with Gasteiger partial charge in [-0.25, -0.2) is 4.79 Å². The van der Waals surface area contributed by atoms with E-state index >= 15 is 0 Å². The van der Waals surface area contributed by atoms with Crippen LogP contribution >= 0.6 is 0 Å². The molecule has 1 aliphatic heterocycles. The number of carbonyl (C=O) groups excluding carboxylic acids is 1. The van der Waals surface area contributed by atoms with E-state index in [9.17, 15) is 4.79 Å². The summed E-state index contributed by atoms with van der Waals surface area (Å²) in [6.45, 7) is 17.1. The minimum Gasteiger partial charge on any atom is -0.494 e. The molecule has 0 aromatic heterocycles. The molecule has 1 aliphatic rings. The van der Waals surface area contributed by atoms with Crippen LogP contribution in [0.25, 0.3) is 0 Å². The van der Waals surface area contributed by atoms with E-state index in [2.05, 4.69) is 47.0 Å². The predicted octanol–water partition coefficient (Wildman–Crippen LogP) is 8.58. The summed E-state index contributed by atoms with van der Waals surface area (Å²) >= 11 is 0. The first-order chi connectivity index (χ1) is 18.1. The van der Waals surface area contributed by atoms with Crippen molar-refractivity contribution in [1.82, 2.24) is 0 Å². The summed E-state index contributed by atoms with van der Waals surface area (Å²) in [5, 5.41) is 0. The van der Waals surface area contributed by atoms with Gasteiger partial charge in [0.15, 0.2) is 7.83 Å². The minimum absolute atomic E-state index is 0.188. The number of rotatable bonds is 13. The molecule has 3 rings (SSSR count). The van der Waals surface area contributed by atoms with Gasteiger partial charge in [-0.05, 0) is 99.8 Å². The molecule has 1 fully saturated rings. The maximum Gasteiger partial charge on any atom is 0.343 e. The molecule has 2 aromatic rings. The molecule has 0 radical (unpaired) electrons. The quantitative estimate of drug-likeness (QED) is 0.107. The molecule has 1 saturated heterocycles. The van der Waals surface area contributed by atoms with Crippen molar-refractivity contribution in [2.75, 3.05) is 6.61 Å². The lowest BCUT2D eigenvalue weighted by Crippen LogP contribution is -2.66. The van der Waals surface area contributed by atoms with Gasteiger partial charge in [-0.1, -0.05) is 46.2 Å². The van der Waals surface area contributed by atoms with Crippen molar-refractivity contribution in [1.29, 1.82) is 0 Å². The minimum atomic E-state index is -1.75. The van der Waals surface area contributed by atoms with Crippen LogP contribution in [0, 0.1) is 0 Å². The lowest BCUT2D eigenvalue weighted by atomic mass is 10.0. The number of hydrogen-bond donors (Lipinski definition) is 0. The molecule has 2 aromatic carbocycles. The fourth-order valence-electron chi connectivity index (χ4n) is 5.30. The van der Waals surface area contributed by atoms with E-state index in [1.165, 1.54) is 19.3 Å². The van der Waals surface area contributed by atoms with Crippen LogP contribution in [0.1, 0.15) is 76.1 Å². The molecular formula is C31H48O5Si2. The Morgan fingerprint density at radius 2 is 1.50 bits per heavy atom. The Morgan fingerprint density at radius 3 is 2.13 bits per heavy atom. The molecule has 3 atom stereocenters. The Kier molecular flexibility index (Phi) is 11.1. The molecule has 0 saturated carbocycles. The smallest absolute Gasteiger partial charge is 0.343 e. The summed E-state index contributed by atoms with van der Waals surface area (Å²) < 4.78 is 24.6. The van der Waals surface area contributed by atoms with Gasteiger partial charge in [-0.2, -0.15) is 0 Å². The van der Waals surface area contributed by atoms with E-state index in [0.717, 1.165) is 37.2 Å². The normalized spacial score (nSPS) is 20.9. The van der Waals surface area contributed by atoms with Crippen molar-refractivity contribution in [3.05, 3.63) is 54.1 Å². The van der Waals surface area contributed by atoms with Crippen LogP contribution in [0.4, 0.5) is 0 Å². The molecule has 5 nitrogen and oxygen atoms in total. The zero-order valence-corrected chi connectivity index (χ0v) is 26.5. The van der Waals surface area contributed by atoms with Crippen LogP contribution < -0.4 is 14.2 Å². The Hall–Kier alpha value is -2.10. The SMILES string of the molecule is CCCCCC(Oc1ccc(OC(=O)c2ccc(OCCCC)cc2)cc1)C1CC(C)O[Si](C)(C)[Si]1(C)C. The monoisotopic (exact) mass is 556 g/mol. The largest absolute Gasteiger partial charge is 0.494 e. The van der Waals surface area contributed by atoms with Crippen molar-refractivity contribution in [3.8, 4) is 17.2 Å². The van der Waals surface area contributed by atoms with Crippen LogP contribution in [-0.4, -0.2) is 40.2 Å². The van der Waals surface area contributed by atoms with Gasteiger partial charge in [0.1, 0.15) is 17.2 Å². The highest BCUT2D eigenvalue weighted by Gasteiger charge is 2.55. The Morgan fingerprint density at radius 1 is 0.895 bits per heavy atom. The Labute approximate surface area is 232 Å². The summed E-state index contributed by atoms with van der Waals surface area (Å²) in [6.07, 6.45) is 8.32. The van der Waals surface area contributed by atoms with E-state index in [1.807, 2.05) is 36.4 Å². The zero-order valence-electron chi connectivity index (χ0n) is 24.5. The highest BCUT2D eigenvalue weighted by molar-refractivity contribution is 7.39. The van der Waals surface area contributed by atoms with Gasteiger partial charge in [0.05, 0.1) is 25.9 Å². The molecule has 1 heterocycles. The Bertz CT molecular complexity index is 1000. The number of hydrogen-bond acceptors (Lipinski definition) is 5. The maximum absolute atomic E-state index is 12.7. The van der Waals surface area contributed by atoms with Crippen molar-refractivity contribution >= 4 is 21.4 Å². The lowest BCUT2D eigenvalue weighted by Gasteiger charge is -2.52. The van der Waals surface area contributed by atoms with Crippen molar-refractivity contribution in [3.63, 3.8) is 0 Å². The van der Waals surface area contributed by atoms with E-state index < -0.39 is 15.4 Å². The first-order valence-electron chi connectivity index (χ1n) is 14.5. The van der Waals surface area contributed by atoms with E-state index in [0.29, 0.717) is 29.6 Å². The fourth-order valence-corrected chi connectivity index (χ4v) is 14.8. The Balaban J connectivity index is 1.66. The summed E-state index contributed by atoms with van der Waals surface area (Å²) in [5.41, 5.74) is 1.06. The average Bonchev–Trinajstić information content (AvgIpc) is 2.87. The summed E-state index contributed by atoms with van der Waals surface area (Å²) in [6, 6.07) is 14.6. The number of benzene rings is 2. The third-order valence-electron chi connectivity index (χ3n) is 8.28. The van der Waals surface area contributed by atoms with Gasteiger partial charge in [0.2, 0.25) is 0 Å². The van der Waals surface area contributed by atoms with Gasteiger partial charge < -0.3 is 18.6 Å². The molecule has 0 spiro atoms. The molecule has 7 heteroatoms. The van der Waals surface area contributed by atoms with Gasteiger partial charge in [0, 0.05) is 6.10 Å². The van der Waals surface area contributed by atoms with E-state index in [1.54, 1.807) is 12.1 Å². The number of ether oxygens (including phenoxy) is 3. The molecule has 0 aliphatic carbocycles. The van der Waals surface area contributed by atoms with Crippen molar-refractivity contribution in [2.45, 2.75) is 110 Å². The third kappa shape index (κ3) is 7.96. The molecule has 0 N–H and O–H groups in total. The predicted molar refractivity (Wildman–Crippen MR) is 161 cm³/mol. The molecule has 3 unspecified atom stereocenters. The molecule has 210 valence electrons. The highest BCUT2D eigenvalue weighted by Crippen LogP contribution is 2.45. The van der Waals surface area contributed by atoms with Gasteiger partial charge in [0.25, 0.3) is 0 Å². The van der Waals surface area contributed by atoms with Crippen LogP contribution in [0.5, 0.6) is 17.2 Å². The topological polar surface area (TPSA) is 54.0 Å². The van der Waals surface area contributed by atoms with E-state index in [-0.39, 0.29) is 12.1 Å². The van der Waals surface area contributed by atoms with Crippen LogP contribution in [0.3, 0.4) is 0 Å². The molecule has 38 heavy (non-hydrogen) atoms. The number of unbranched alkanes of at least 4 members (excludes halogenated alkanes) is 3. The summed E-state index contributed by atoms with van der Waals surface area (Å²) in [5.74, 6) is 1.73. The van der Waals surface area contributed by atoms with Crippen molar-refractivity contribution in [2.24, 2.45) is 0 Å². The number of esters is 1. The average molecular weight is 557 g/mol. The maximum atomic E-state index is 12.7. The molecule has 0 amide bonds. The first kappa shape index (κ1) is 30.4. The summed E-state index contributed by atoms with van der Waals surface area (Å²) in [4.78, 5) is 12.7. The second kappa shape index (κ2) is 13.8. The van der Waals surface area contributed by atoms with Gasteiger partial charge in [-0.3, -0.25) is 0 Å². The van der Waals surface area contributed by atoms with Gasteiger partial charge >= 0.3 is 5.97 Å². The van der Waals surface area contributed by atoms with Gasteiger partial charge in [-0.15, -0.1) is 0 Å². The number of carbonyl (C=O) groups is 1. The van der Waals surface area contributed by atoms with Crippen LogP contribution in [0.2, 0.25) is 31.7 Å². The molecular weight excluding hydrogens is 509 g/mol. The highest BCUT2D eigenvalue weighted by atomic mass is 29.3. The third-order valence-corrected chi connectivity index (χ3v) is 25.6. The second-order valence-electron chi connectivity index (χ2n) is 11.7. The standard InChI is InChI=1S/C31H48O5Si2/c1-8-10-12-13-29(30-23-24(3)36-38(6,7)37(30,4)5)34-27-18-20-28(21-19-27)35-31(32)25-14-16-26(17-15-25)33-22-11-9-2/h14-21,24,29-30H,8-13,22-23H2,1-7H3. The summed E-state index contributed by atoms with van der Waals surface area (Å²) in [7, 11) is -3.39. The zero-order chi connectivity index (χ0) is 27.8. The first-order valence-corrected chi connectivity index (χ1v) is 21.5. The van der Waals surface area contributed by atoms with Crippen LogP contribution in [0.15, 0.2) is 48.5 Å². The van der Waals surface area contributed by atoms with E-state index in [4.69, 9.17) is 18.6 Å². The fraction of sp³-hybridized carbons (Fsp3) is 0.581. The second-order valence-corrected chi connectivity index (χ2v) is 26.7. The lowest BCUT2D eigenvalue weighted by molar-refractivity contribution is 0.0734. The van der Waals surface area contributed by atoms with Crippen LogP contribution in [-0.2, 0) is 4.43 Å². The van der Waals surface area contributed by atoms with Crippen molar-refractivity contribution < 1.29 is 23.4 Å². The molecule has 0 bridgehead atoms.